The molecule has 0 radical (unpaired) electrons. The monoisotopic (exact) mass is 297 g/mol. The lowest BCUT2D eigenvalue weighted by atomic mass is 9.47. The highest BCUT2D eigenvalue weighted by atomic mass is 32.2. The zero-order valence-corrected chi connectivity index (χ0v) is 13.5. The number of carbonyl (C=O) groups is 1. The van der Waals surface area contributed by atoms with Crippen LogP contribution in [-0.2, 0) is 14.1 Å². The van der Waals surface area contributed by atoms with Crippen LogP contribution in [-0.4, -0.2) is 43.2 Å². The van der Waals surface area contributed by atoms with Crippen molar-refractivity contribution in [1.29, 1.82) is 0 Å². The maximum absolute atomic E-state index is 11.8. The molecular formula is C14H24BNO3S. The Labute approximate surface area is 125 Å². The number of nitrogens with one attached hydrogen (secondary N) is 1. The Kier molecular flexibility index (Phi) is 3.84. The van der Waals surface area contributed by atoms with Gasteiger partial charge in [0.15, 0.2) is 0 Å². The fourth-order valence-electron chi connectivity index (χ4n) is 3.94. The van der Waals surface area contributed by atoms with Gasteiger partial charge in [-0.3, -0.25) is 4.79 Å². The van der Waals surface area contributed by atoms with E-state index < -0.39 is 0 Å². The molecule has 1 aliphatic heterocycles. The summed E-state index contributed by atoms with van der Waals surface area (Å²) in [5.74, 6) is 1.46. The number of carbonyl (C=O) groups excluding carboxylic acids is 1. The van der Waals surface area contributed by atoms with Crippen molar-refractivity contribution in [2.75, 3.05) is 12.7 Å². The van der Waals surface area contributed by atoms with Crippen LogP contribution in [0.15, 0.2) is 0 Å². The first-order valence-corrected chi connectivity index (χ1v) is 8.83. The first-order chi connectivity index (χ1) is 9.43. The molecule has 20 heavy (non-hydrogen) atoms. The van der Waals surface area contributed by atoms with Gasteiger partial charge in [0.2, 0.25) is 5.91 Å². The van der Waals surface area contributed by atoms with Crippen molar-refractivity contribution in [2.24, 2.45) is 17.3 Å². The van der Waals surface area contributed by atoms with E-state index in [0.29, 0.717) is 17.8 Å². The summed E-state index contributed by atoms with van der Waals surface area (Å²) in [6, 6.07) is 0. The van der Waals surface area contributed by atoms with E-state index in [4.69, 9.17) is 9.31 Å². The fourth-order valence-corrected chi connectivity index (χ4v) is 4.23. The maximum atomic E-state index is 11.8. The third-order valence-electron chi connectivity index (χ3n) is 5.63. The summed E-state index contributed by atoms with van der Waals surface area (Å²) >= 11 is 1.55. The zero-order valence-electron chi connectivity index (χ0n) is 12.7. The van der Waals surface area contributed by atoms with Gasteiger partial charge in [-0.2, -0.15) is 11.8 Å². The molecule has 4 nitrogen and oxygen atoms in total. The van der Waals surface area contributed by atoms with Crippen molar-refractivity contribution in [1.82, 2.24) is 5.32 Å². The van der Waals surface area contributed by atoms with E-state index in [9.17, 15) is 4.79 Å². The smallest absolute Gasteiger partial charge is 0.405 e. The quantitative estimate of drug-likeness (QED) is 0.803. The van der Waals surface area contributed by atoms with Crippen LogP contribution in [0.1, 0.15) is 33.6 Å². The number of hydrogen-bond donors (Lipinski definition) is 1. The average molecular weight is 297 g/mol. The molecule has 1 amide bonds. The fraction of sp³-hybridized carbons (Fsp3) is 0.929. The molecule has 2 bridgehead atoms. The number of rotatable bonds is 4. The molecule has 3 saturated carbocycles. The van der Waals surface area contributed by atoms with Crippen molar-refractivity contribution in [3.63, 3.8) is 0 Å². The second-order valence-electron chi connectivity index (χ2n) is 6.92. The van der Waals surface area contributed by atoms with Gasteiger partial charge in [-0.15, -0.1) is 0 Å². The lowest BCUT2D eigenvalue weighted by molar-refractivity contribution is -0.150. The Hall–Kier alpha value is -0.195. The Morgan fingerprint density at radius 2 is 2.20 bits per heavy atom. The van der Waals surface area contributed by atoms with E-state index in [1.165, 1.54) is 6.42 Å². The molecule has 1 saturated heterocycles. The van der Waals surface area contributed by atoms with Crippen LogP contribution in [0.3, 0.4) is 0 Å². The second-order valence-corrected chi connectivity index (χ2v) is 8.10. The predicted molar refractivity (Wildman–Crippen MR) is 81.5 cm³/mol. The zero-order chi connectivity index (χ0) is 14.5. The maximum Gasteiger partial charge on any atom is 0.478 e. The van der Waals surface area contributed by atoms with Gasteiger partial charge in [0.25, 0.3) is 0 Å². The van der Waals surface area contributed by atoms with Crippen LogP contribution in [0.2, 0.25) is 0 Å². The van der Waals surface area contributed by atoms with Crippen molar-refractivity contribution in [2.45, 2.75) is 51.1 Å². The molecular weight excluding hydrogens is 273 g/mol. The van der Waals surface area contributed by atoms with E-state index in [2.05, 4.69) is 19.2 Å². The van der Waals surface area contributed by atoms with Crippen LogP contribution in [0.25, 0.3) is 0 Å². The Morgan fingerprint density at radius 3 is 2.85 bits per heavy atom. The molecule has 4 fully saturated rings. The van der Waals surface area contributed by atoms with Crippen LogP contribution >= 0.6 is 11.8 Å². The molecule has 3 aliphatic carbocycles. The van der Waals surface area contributed by atoms with Gasteiger partial charge >= 0.3 is 7.12 Å². The van der Waals surface area contributed by atoms with Gasteiger partial charge in [-0.1, -0.05) is 13.8 Å². The minimum atomic E-state index is -0.266. The highest BCUT2D eigenvalue weighted by Gasteiger charge is 2.61. The lowest BCUT2D eigenvalue weighted by Gasteiger charge is -2.60. The number of amides is 1. The van der Waals surface area contributed by atoms with Gasteiger partial charge < -0.3 is 14.6 Å². The van der Waals surface area contributed by atoms with E-state index in [0.717, 1.165) is 12.3 Å². The number of thioether (sulfide) groups is 1. The highest BCUT2D eigenvalue weighted by molar-refractivity contribution is 7.99. The van der Waals surface area contributed by atoms with Gasteiger partial charge in [0.05, 0.1) is 23.9 Å². The molecule has 1 N–H and O–H groups in total. The molecule has 112 valence electrons. The highest BCUT2D eigenvalue weighted by Crippen LogP contribution is 2.61. The van der Waals surface area contributed by atoms with Gasteiger partial charge in [0, 0.05) is 0 Å². The molecule has 0 aromatic heterocycles. The minimum absolute atomic E-state index is 0.0228. The summed E-state index contributed by atoms with van der Waals surface area (Å²) in [6.45, 7) is 6.61. The van der Waals surface area contributed by atoms with Gasteiger partial charge in [-0.05, 0) is 43.3 Å². The Bertz CT molecular complexity index is 406. The molecule has 0 aromatic carbocycles. The van der Waals surface area contributed by atoms with Crippen molar-refractivity contribution in [3.05, 3.63) is 0 Å². The first-order valence-electron chi connectivity index (χ1n) is 7.55. The van der Waals surface area contributed by atoms with E-state index in [1.54, 1.807) is 11.8 Å². The standard InChI is InChI=1S/C14H24BNO3S/c1-8(20-4)13(17)16-7-15-18-11-6-9-5-10(12(11)19-15)14(9,2)3/h8-12H,5-7H2,1-4H3,(H,16,17)/t8?,9-,10+,11?,12?/m0/s1. The third kappa shape index (κ3) is 2.30. The largest absolute Gasteiger partial charge is 0.478 e. The molecule has 0 spiro atoms. The third-order valence-corrected chi connectivity index (χ3v) is 6.55. The Balaban J connectivity index is 1.52. The summed E-state index contributed by atoms with van der Waals surface area (Å²) in [6.07, 6.45) is 5.27. The molecule has 4 rings (SSSR count). The average Bonchev–Trinajstić information content (AvgIpc) is 2.85. The topological polar surface area (TPSA) is 47.6 Å². The summed E-state index contributed by atoms with van der Waals surface area (Å²) in [7, 11) is -0.266. The molecule has 3 unspecified atom stereocenters. The Morgan fingerprint density at radius 1 is 1.45 bits per heavy atom. The molecule has 5 atom stereocenters. The van der Waals surface area contributed by atoms with Gasteiger partial charge in [-0.25, -0.2) is 0 Å². The van der Waals surface area contributed by atoms with E-state index >= 15 is 0 Å². The summed E-state index contributed by atoms with van der Waals surface area (Å²) in [5.41, 5.74) is 0.399. The van der Waals surface area contributed by atoms with Crippen LogP contribution in [0, 0.1) is 17.3 Å². The SMILES string of the molecule is CSC(C)C(=O)NCB1OC2C[C@@H]3C[C@H](C2O1)C3(C)C. The predicted octanol–water partition coefficient (Wildman–Crippen LogP) is 1.73. The lowest BCUT2D eigenvalue weighted by Crippen LogP contribution is -2.59. The van der Waals surface area contributed by atoms with Crippen molar-refractivity contribution >= 4 is 24.8 Å². The molecule has 6 heteroatoms. The summed E-state index contributed by atoms with van der Waals surface area (Å²) < 4.78 is 12.1. The second kappa shape index (κ2) is 5.22. The van der Waals surface area contributed by atoms with Crippen LogP contribution < -0.4 is 5.32 Å². The van der Waals surface area contributed by atoms with Crippen LogP contribution in [0.4, 0.5) is 0 Å². The molecule has 4 aliphatic rings. The first kappa shape index (κ1) is 14.7. The van der Waals surface area contributed by atoms with Crippen LogP contribution in [0.5, 0.6) is 0 Å². The van der Waals surface area contributed by atoms with E-state index in [-0.39, 0.29) is 30.5 Å². The van der Waals surface area contributed by atoms with E-state index in [1.807, 2.05) is 13.2 Å². The van der Waals surface area contributed by atoms with Crippen molar-refractivity contribution in [3.8, 4) is 0 Å². The van der Waals surface area contributed by atoms with Gasteiger partial charge in [0.1, 0.15) is 0 Å². The summed E-state index contributed by atoms with van der Waals surface area (Å²) in [4.78, 5) is 11.8. The molecule has 0 aromatic rings. The molecule has 1 heterocycles. The number of hydrogen-bond acceptors (Lipinski definition) is 4. The van der Waals surface area contributed by atoms with Crippen molar-refractivity contribution < 1.29 is 14.1 Å². The minimum Gasteiger partial charge on any atom is -0.405 e. The normalized spacial score (nSPS) is 38.9. The summed E-state index contributed by atoms with van der Waals surface area (Å²) in [5, 5.41) is 2.90.